The van der Waals surface area contributed by atoms with E-state index in [2.05, 4.69) is 20.9 Å². The highest BCUT2D eigenvalue weighted by molar-refractivity contribution is 9.10. The van der Waals surface area contributed by atoms with Crippen molar-refractivity contribution < 1.29 is 4.42 Å². The Bertz CT molecular complexity index is 355. The molecule has 0 saturated heterocycles. The van der Waals surface area contributed by atoms with Gasteiger partial charge in [0, 0.05) is 16.1 Å². The van der Waals surface area contributed by atoms with E-state index in [-0.39, 0.29) is 0 Å². The van der Waals surface area contributed by atoms with Crippen LogP contribution in [0.1, 0.15) is 0 Å². The van der Waals surface area contributed by atoms with Crippen molar-refractivity contribution in [2.24, 2.45) is 0 Å². The Hall–Kier alpha value is -0.830. The summed E-state index contributed by atoms with van der Waals surface area (Å²) in [6, 6.07) is 3.85. The van der Waals surface area contributed by atoms with E-state index in [0.29, 0.717) is 5.71 Å². The smallest absolute Gasteiger partial charge is 0.225 e. The molecule has 10 heavy (non-hydrogen) atoms. The van der Waals surface area contributed by atoms with Gasteiger partial charge in [-0.3, -0.25) is 0 Å². The van der Waals surface area contributed by atoms with E-state index in [4.69, 9.17) is 4.42 Å². The minimum absolute atomic E-state index is 0.684. The molecule has 0 saturated carbocycles. The van der Waals surface area contributed by atoms with Gasteiger partial charge in [-0.2, -0.15) is 0 Å². The number of furan rings is 1. The first-order chi connectivity index (χ1) is 4.86. The normalized spacial score (nSPS) is 10.5. The van der Waals surface area contributed by atoms with Crippen LogP contribution in [0.15, 0.2) is 33.5 Å². The first kappa shape index (κ1) is 5.92. The van der Waals surface area contributed by atoms with Crippen LogP contribution in [0, 0.1) is 0 Å². The van der Waals surface area contributed by atoms with Gasteiger partial charge >= 0.3 is 0 Å². The zero-order valence-electron chi connectivity index (χ0n) is 5.04. The zero-order valence-corrected chi connectivity index (χ0v) is 6.63. The number of hydrogen-bond donors (Lipinski definition) is 0. The molecule has 2 aromatic rings. The van der Waals surface area contributed by atoms with Gasteiger partial charge in [-0.15, -0.1) is 0 Å². The molecule has 0 aromatic carbocycles. The van der Waals surface area contributed by atoms with Gasteiger partial charge < -0.3 is 4.42 Å². The Kier molecular flexibility index (Phi) is 1.24. The van der Waals surface area contributed by atoms with Gasteiger partial charge in [0.2, 0.25) is 5.71 Å². The Labute approximate surface area is 66.0 Å². The molecule has 50 valence electrons. The minimum atomic E-state index is 0.684. The summed E-state index contributed by atoms with van der Waals surface area (Å²) >= 11 is 3.31. The summed E-state index contributed by atoms with van der Waals surface area (Å²) in [5, 5.41) is 1.02. The van der Waals surface area contributed by atoms with Gasteiger partial charge in [0.05, 0.1) is 6.26 Å². The third-order valence-electron chi connectivity index (χ3n) is 1.27. The second kappa shape index (κ2) is 2.09. The summed E-state index contributed by atoms with van der Waals surface area (Å²) < 4.78 is 6.01. The van der Waals surface area contributed by atoms with Crippen LogP contribution in [0.2, 0.25) is 0 Å². The molecule has 0 fully saturated rings. The lowest BCUT2D eigenvalue weighted by Crippen LogP contribution is -1.70. The fourth-order valence-corrected chi connectivity index (χ4v) is 1.18. The number of rotatable bonds is 0. The SMILES string of the molecule is Brc1cnc2occc2c1. The topological polar surface area (TPSA) is 26.0 Å². The van der Waals surface area contributed by atoms with E-state index in [1.807, 2.05) is 12.1 Å². The van der Waals surface area contributed by atoms with E-state index in [1.165, 1.54) is 0 Å². The van der Waals surface area contributed by atoms with Gasteiger partial charge in [0.25, 0.3) is 0 Å². The number of pyridine rings is 1. The summed E-state index contributed by atoms with van der Waals surface area (Å²) in [6.45, 7) is 0. The third kappa shape index (κ3) is 0.827. The summed E-state index contributed by atoms with van der Waals surface area (Å²) in [5.74, 6) is 0. The lowest BCUT2D eigenvalue weighted by atomic mass is 10.3. The van der Waals surface area contributed by atoms with Crippen molar-refractivity contribution in [3.05, 3.63) is 29.1 Å². The van der Waals surface area contributed by atoms with Crippen molar-refractivity contribution in [2.45, 2.75) is 0 Å². The van der Waals surface area contributed by atoms with Crippen molar-refractivity contribution >= 4 is 27.0 Å². The Morgan fingerprint density at radius 2 is 2.40 bits per heavy atom. The van der Waals surface area contributed by atoms with E-state index < -0.39 is 0 Å². The number of hydrogen-bond acceptors (Lipinski definition) is 2. The standard InChI is InChI=1S/C7H4BrNO/c8-6-3-5-1-2-10-7(5)9-4-6/h1-4H. The molecule has 0 bridgehead atoms. The van der Waals surface area contributed by atoms with E-state index >= 15 is 0 Å². The average molecular weight is 198 g/mol. The monoisotopic (exact) mass is 197 g/mol. The molecule has 2 rings (SSSR count). The van der Waals surface area contributed by atoms with Crippen LogP contribution in [-0.2, 0) is 0 Å². The number of aromatic nitrogens is 1. The van der Waals surface area contributed by atoms with Crippen molar-refractivity contribution in [1.29, 1.82) is 0 Å². The van der Waals surface area contributed by atoms with Crippen LogP contribution >= 0.6 is 15.9 Å². The lowest BCUT2D eigenvalue weighted by Gasteiger charge is -1.86. The van der Waals surface area contributed by atoms with E-state index in [1.54, 1.807) is 12.5 Å². The molecule has 0 atom stereocenters. The van der Waals surface area contributed by atoms with Crippen LogP contribution in [-0.4, -0.2) is 4.98 Å². The average Bonchev–Trinajstić information content (AvgIpc) is 2.33. The van der Waals surface area contributed by atoms with Gasteiger partial charge in [0.15, 0.2) is 0 Å². The van der Waals surface area contributed by atoms with Crippen molar-refractivity contribution in [3.8, 4) is 0 Å². The number of fused-ring (bicyclic) bond motifs is 1. The molecule has 0 aliphatic heterocycles. The quantitative estimate of drug-likeness (QED) is 0.650. The first-order valence-electron chi connectivity index (χ1n) is 2.85. The lowest BCUT2D eigenvalue weighted by molar-refractivity contribution is 0.603. The maximum Gasteiger partial charge on any atom is 0.225 e. The summed E-state index contributed by atoms with van der Waals surface area (Å²) in [6.07, 6.45) is 3.34. The molecule has 2 nitrogen and oxygen atoms in total. The predicted octanol–water partition coefficient (Wildman–Crippen LogP) is 2.59. The third-order valence-corrected chi connectivity index (χ3v) is 1.71. The van der Waals surface area contributed by atoms with Gasteiger partial charge in [0.1, 0.15) is 0 Å². The molecule has 0 radical (unpaired) electrons. The second-order valence-electron chi connectivity index (χ2n) is 1.97. The maximum absolute atomic E-state index is 5.04. The van der Waals surface area contributed by atoms with Crippen LogP contribution in [0.5, 0.6) is 0 Å². The summed E-state index contributed by atoms with van der Waals surface area (Å²) in [5.41, 5.74) is 0.684. The maximum atomic E-state index is 5.04. The van der Waals surface area contributed by atoms with Crippen molar-refractivity contribution in [3.63, 3.8) is 0 Å². The molecule has 0 amide bonds. The molecule has 0 spiro atoms. The molecule has 0 aliphatic carbocycles. The van der Waals surface area contributed by atoms with Gasteiger partial charge in [-0.25, -0.2) is 4.98 Å². The van der Waals surface area contributed by atoms with Crippen molar-refractivity contribution in [1.82, 2.24) is 4.98 Å². The molecular weight excluding hydrogens is 194 g/mol. The number of nitrogens with zero attached hydrogens (tertiary/aromatic N) is 1. The molecule has 3 heteroatoms. The minimum Gasteiger partial charge on any atom is -0.446 e. The zero-order chi connectivity index (χ0) is 6.97. The summed E-state index contributed by atoms with van der Waals surface area (Å²) in [4.78, 5) is 4.03. The Morgan fingerprint density at radius 1 is 1.50 bits per heavy atom. The highest BCUT2D eigenvalue weighted by atomic mass is 79.9. The van der Waals surface area contributed by atoms with E-state index in [9.17, 15) is 0 Å². The fraction of sp³-hybridized carbons (Fsp3) is 0. The van der Waals surface area contributed by atoms with E-state index in [0.717, 1.165) is 9.86 Å². The molecule has 2 aromatic heterocycles. The molecule has 0 unspecified atom stereocenters. The highest BCUT2D eigenvalue weighted by Gasteiger charge is 1.96. The van der Waals surface area contributed by atoms with Gasteiger partial charge in [-0.1, -0.05) is 0 Å². The summed E-state index contributed by atoms with van der Waals surface area (Å²) in [7, 11) is 0. The highest BCUT2D eigenvalue weighted by Crippen LogP contribution is 2.16. The van der Waals surface area contributed by atoms with Crippen LogP contribution in [0.25, 0.3) is 11.1 Å². The van der Waals surface area contributed by atoms with Crippen LogP contribution in [0.4, 0.5) is 0 Å². The molecule has 0 N–H and O–H groups in total. The number of halogens is 1. The van der Waals surface area contributed by atoms with Gasteiger partial charge in [-0.05, 0) is 28.1 Å². The molecular formula is C7H4BrNO. The fourth-order valence-electron chi connectivity index (χ4n) is 0.832. The van der Waals surface area contributed by atoms with Crippen molar-refractivity contribution in [2.75, 3.05) is 0 Å². The largest absolute Gasteiger partial charge is 0.446 e. The Morgan fingerprint density at radius 3 is 3.30 bits per heavy atom. The van der Waals surface area contributed by atoms with Crippen LogP contribution in [0.3, 0.4) is 0 Å². The second-order valence-corrected chi connectivity index (χ2v) is 2.88. The molecule has 2 heterocycles. The van der Waals surface area contributed by atoms with Crippen LogP contribution < -0.4 is 0 Å². The predicted molar refractivity (Wildman–Crippen MR) is 41.7 cm³/mol. The molecule has 0 aliphatic rings. The first-order valence-corrected chi connectivity index (χ1v) is 3.64. The Balaban J connectivity index is 2.86.